The van der Waals surface area contributed by atoms with Crippen LogP contribution in [0.25, 0.3) is 11.4 Å². The predicted molar refractivity (Wildman–Crippen MR) is 98.6 cm³/mol. The fourth-order valence-corrected chi connectivity index (χ4v) is 2.47. The number of nitriles is 1. The van der Waals surface area contributed by atoms with Crippen LogP contribution in [0.15, 0.2) is 54.9 Å². The Labute approximate surface area is 159 Å². The van der Waals surface area contributed by atoms with E-state index in [0.717, 1.165) is 11.6 Å². The summed E-state index contributed by atoms with van der Waals surface area (Å²) in [5.74, 6) is -0.0385. The lowest BCUT2D eigenvalue weighted by Gasteiger charge is -2.16. The third kappa shape index (κ3) is 4.26. The smallest absolute Gasteiger partial charge is 0.340 e. The van der Waals surface area contributed by atoms with Gasteiger partial charge in [0.25, 0.3) is 0 Å². The van der Waals surface area contributed by atoms with Gasteiger partial charge < -0.3 is 5.32 Å². The summed E-state index contributed by atoms with van der Waals surface area (Å²) in [4.78, 5) is 11.7. The second kappa shape index (κ2) is 7.27. The summed E-state index contributed by atoms with van der Waals surface area (Å²) >= 11 is 0. The second-order valence-corrected chi connectivity index (χ2v) is 6.63. The van der Waals surface area contributed by atoms with Gasteiger partial charge in [-0.25, -0.2) is 9.97 Å². The van der Waals surface area contributed by atoms with Gasteiger partial charge in [-0.2, -0.15) is 18.4 Å². The highest BCUT2D eigenvalue weighted by atomic mass is 19.4. The molecule has 8 heteroatoms. The Bertz CT molecular complexity index is 1010. The summed E-state index contributed by atoms with van der Waals surface area (Å²) in [6.45, 7) is 3.58. The Kier molecular flexibility index (Phi) is 5.01. The molecule has 0 saturated heterocycles. The number of halogens is 3. The zero-order valence-electron chi connectivity index (χ0n) is 15.1. The quantitative estimate of drug-likeness (QED) is 0.678. The third-order valence-corrected chi connectivity index (χ3v) is 4.11. The van der Waals surface area contributed by atoms with Crippen molar-refractivity contribution in [2.45, 2.75) is 25.4 Å². The van der Waals surface area contributed by atoms with Gasteiger partial charge in [0.05, 0.1) is 11.5 Å². The van der Waals surface area contributed by atoms with E-state index in [-0.39, 0.29) is 11.6 Å². The maximum atomic E-state index is 13.3. The van der Waals surface area contributed by atoms with Crippen LogP contribution in [0.3, 0.4) is 0 Å². The van der Waals surface area contributed by atoms with E-state index in [4.69, 9.17) is 0 Å². The molecular formula is C20H16F3N5. The topological polar surface area (TPSA) is 74.5 Å². The van der Waals surface area contributed by atoms with Gasteiger partial charge in [0.2, 0.25) is 0 Å². The first-order chi connectivity index (χ1) is 13.2. The summed E-state index contributed by atoms with van der Waals surface area (Å²) in [5.41, 5.74) is 0.0711. The number of aromatic nitrogens is 3. The summed E-state index contributed by atoms with van der Waals surface area (Å²) in [6.07, 6.45) is -1.69. The Morgan fingerprint density at radius 3 is 2.18 bits per heavy atom. The van der Waals surface area contributed by atoms with Crippen LogP contribution in [0, 0.1) is 11.3 Å². The summed E-state index contributed by atoms with van der Waals surface area (Å²) in [5, 5.41) is 12.1. The van der Waals surface area contributed by atoms with Gasteiger partial charge in [0.15, 0.2) is 11.5 Å². The molecule has 0 aliphatic heterocycles. The van der Waals surface area contributed by atoms with E-state index >= 15 is 0 Å². The highest BCUT2D eigenvalue weighted by Gasteiger charge is 2.34. The fraction of sp³-hybridized carbons (Fsp3) is 0.200. The van der Waals surface area contributed by atoms with Crippen molar-refractivity contribution in [2.24, 2.45) is 0 Å². The van der Waals surface area contributed by atoms with E-state index in [1.807, 2.05) is 0 Å². The summed E-state index contributed by atoms with van der Waals surface area (Å²) in [6, 6.07) is 13.0. The van der Waals surface area contributed by atoms with Crippen molar-refractivity contribution in [2.75, 3.05) is 5.32 Å². The molecule has 0 aliphatic carbocycles. The number of anilines is 2. The fourth-order valence-electron chi connectivity index (χ4n) is 2.47. The van der Waals surface area contributed by atoms with E-state index in [2.05, 4.69) is 26.3 Å². The van der Waals surface area contributed by atoms with E-state index in [9.17, 15) is 18.4 Å². The van der Waals surface area contributed by atoms with Crippen LogP contribution in [0.4, 0.5) is 24.7 Å². The van der Waals surface area contributed by atoms with Crippen molar-refractivity contribution < 1.29 is 13.2 Å². The third-order valence-electron chi connectivity index (χ3n) is 4.11. The minimum Gasteiger partial charge on any atom is -0.340 e. The zero-order valence-corrected chi connectivity index (χ0v) is 15.1. The molecule has 3 rings (SSSR count). The summed E-state index contributed by atoms with van der Waals surface area (Å²) < 4.78 is 39.8. The Morgan fingerprint density at radius 1 is 0.964 bits per heavy atom. The van der Waals surface area contributed by atoms with Crippen LogP contribution in [0.2, 0.25) is 0 Å². The largest absolute Gasteiger partial charge is 0.433 e. The molecule has 142 valence electrons. The lowest BCUT2D eigenvalue weighted by Crippen LogP contribution is -2.13. The summed E-state index contributed by atoms with van der Waals surface area (Å²) in [7, 11) is 0. The second-order valence-electron chi connectivity index (χ2n) is 6.63. The molecule has 0 unspecified atom stereocenters. The standard InChI is InChI=1S/C20H16F3N5/c1-19(2,12-24)14-3-5-15(6-4-14)26-17-11-16(20(21,22)23)27-18(28-17)13-7-9-25-10-8-13/h3-11H,1-2H3,(H,26,27,28). The normalized spacial score (nSPS) is 11.7. The van der Waals surface area contributed by atoms with Crippen molar-refractivity contribution in [1.82, 2.24) is 15.0 Å². The van der Waals surface area contributed by atoms with Crippen molar-refractivity contribution in [3.63, 3.8) is 0 Å². The molecule has 1 aromatic carbocycles. The molecular weight excluding hydrogens is 367 g/mol. The molecule has 0 aliphatic rings. The number of pyridine rings is 1. The highest BCUT2D eigenvalue weighted by molar-refractivity contribution is 5.62. The molecule has 2 heterocycles. The molecule has 28 heavy (non-hydrogen) atoms. The average Bonchev–Trinajstić information content (AvgIpc) is 2.68. The first-order valence-electron chi connectivity index (χ1n) is 8.34. The maximum Gasteiger partial charge on any atom is 0.433 e. The lowest BCUT2D eigenvalue weighted by molar-refractivity contribution is -0.141. The first kappa shape index (κ1) is 19.3. The number of nitrogens with one attached hydrogen (secondary N) is 1. The van der Waals surface area contributed by atoms with Crippen LogP contribution < -0.4 is 5.32 Å². The van der Waals surface area contributed by atoms with Crippen LogP contribution in [0.1, 0.15) is 25.1 Å². The van der Waals surface area contributed by atoms with Crippen LogP contribution in [-0.4, -0.2) is 15.0 Å². The Balaban J connectivity index is 1.97. The number of hydrogen-bond acceptors (Lipinski definition) is 5. The molecule has 5 nitrogen and oxygen atoms in total. The van der Waals surface area contributed by atoms with E-state index in [1.54, 1.807) is 38.1 Å². The van der Waals surface area contributed by atoms with E-state index in [0.29, 0.717) is 11.3 Å². The van der Waals surface area contributed by atoms with Crippen molar-refractivity contribution in [3.05, 3.63) is 66.1 Å². The predicted octanol–water partition coefficient (Wildman–Crippen LogP) is 5.10. The number of alkyl halides is 3. The number of hydrogen-bond donors (Lipinski definition) is 1. The van der Waals surface area contributed by atoms with Crippen molar-refractivity contribution in [3.8, 4) is 17.5 Å². The van der Waals surface area contributed by atoms with Gasteiger partial charge in [0.1, 0.15) is 5.82 Å². The molecule has 1 N–H and O–H groups in total. The van der Waals surface area contributed by atoms with Gasteiger partial charge in [0, 0.05) is 29.7 Å². The van der Waals surface area contributed by atoms with Crippen molar-refractivity contribution >= 4 is 11.5 Å². The number of nitrogens with zero attached hydrogens (tertiary/aromatic N) is 4. The molecule has 0 atom stereocenters. The molecule has 0 radical (unpaired) electrons. The van der Waals surface area contributed by atoms with Gasteiger partial charge in [-0.05, 0) is 43.7 Å². The van der Waals surface area contributed by atoms with Gasteiger partial charge in [-0.3, -0.25) is 4.98 Å². The van der Waals surface area contributed by atoms with Gasteiger partial charge in [-0.1, -0.05) is 12.1 Å². The molecule has 0 amide bonds. The Hall–Kier alpha value is -3.47. The van der Waals surface area contributed by atoms with Crippen LogP contribution in [-0.2, 0) is 11.6 Å². The molecule has 0 saturated carbocycles. The molecule has 2 aromatic heterocycles. The monoisotopic (exact) mass is 383 g/mol. The SMILES string of the molecule is CC(C)(C#N)c1ccc(Nc2cc(C(F)(F)F)nc(-c3ccncc3)n2)cc1. The average molecular weight is 383 g/mol. The molecule has 3 aromatic rings. The van der Waals surface area contributed by atoms with E-state index in [1.165, 1.54) is 24.5 Å². The first-order valence-corrected chi connectivity index (χ1v) is 8.34. The molecule has 0 fully saturated rings. The van der Waals surface area contributed by atoms with Crippen LogP contribution in [0.5, 0.6) is 0 Å². The van der Waals surface area contributed by atoms with Crippen LogP contribution >= 0.6 is 0 Å². The highest BCUT2D eigenvalue weighted by Crippen LogP contribution is 2.32. The van der Waals surface area contributed by atoms with Gasteiger partial charge >= 0.3 is 6.18 Å². The number of benzene rings is 1. The van der Waals surface area contributed by atoms with Crippen molar-refractivity contribution in [1.29, 1.82) is 5.26 Å². The molecule has 0 spiro atoms. The minimum atomic E-state index is -4.61. The maximum absolute atomic E-state index is 13.3. The zero-order chi connectivity index (χ0) is 20.4. The van der Waals surface area contributed by atoms with E-state index < -0.39 is 17.3 Å². The Morgan fingerprint density at radius 2 is 1.61 bits per heavy atom. The molecule has 0 bridgehead atoms. The lowest BCUT2D eigenvalue weighted by atomic mass is 9.86. The minimum absolute atomic E-state index is 0.0152. The number of rotatable bonds is 4. The van der Waals surface area contributed by atoms with Gasteiger partial charge in [-0.15, -0.1) is 0 Å².